The lowest BCUT2D eigenvalue weighted by molar-refractivity contribution is 0.278. The van der Waals surface area contributed by atoms with Crippen molar-refractivity contribution >= 4 is 34.9 Å². The molecular weight excluding hydrogens is 367 g/mol. The number of aromatic amines is 1. The highest BCUT2D eigenvalue weighted by molar-refractivity contribution is 6.33. The van der Waals surface area contributed by atoms with Gasteiger partial charge in [0.05, 0.1) is 17.8 Å². The Hall–Kier alpha value is -2.98. The Morgan fingerprint density at radius 1 is 1.46 bits per heavy atom. The number of nitrogens with zero attached hydrogens (tertiary/aromatic N) is 4. The van der Waals surface area contributed by atoms with Crippen LogP contribution in [0.25, 0.3) is 11.2 Å². The van der Waals surface area contributed by atoms with E-state index in [-0.39, 0.29) is 40.8 Å². The Morgan fingerprint density at radius 2 is 2.23 bits per heavy atom. The van der Waals surface area contributed by atoms with E-state index < -0.39 is 17.1 Å². The number of H-pyrrole nitrogens is 1. The van der Waals surface area contributed by atoms with Crippen LogP contribution < -0.4 is 16.7 Å². The second-order valence-electron chi connectivity index (χ2n) is 5.31. The largest absolute Gasteiger partial charge is 0.395 e. The van der Waals surface area contributed by atoms with Crippen LogP contribution in [0.15, 0.2) is 32.9 Å². The minimum atomic E-state index is -0.641. The first-order valence-corrected chi connectivity index (χ1v) is 7.85. The van der Waals surface area contributed by atoms with Gasteiger partial charge in [0.2, 0.25) is 5.95 Å². The molecule has 0 aliphatic heterocycles. The summed E-state index contributed by atoms with van der Waals surface area (Å²) in [4.78, 5) is 30.1. The van der Waals surface area contributed by atoms with Crippen LogP contribution in [0, 0.1) is 5.82 Å². The summed E-state index contributed by atoms with van der Waals surface area (Å²) in [5.74, 6) is -0.449. The van der Waals surface area contributed by atoms with E-state index in [0.29, 0.717) is 0 Å². The molecule has 0 saturated heterocycles. The monoisotopic (exact) mass is 380 g/mol. The molecule has 0 unspecified atom stereocenters. The molecule has 3 aromatic rings. The van der Waals surface area contributed by atoms with Crippen molar-refractivity contribution in [2.24, 2.45) is 12.1 Å². The van der Waals surface area contributed by atoms with Crippen molar-refractivity contribution in [3.8, 4) is 0 Å². The summed E-state index contributed by atoms with van der Waals surface area (Å²) >= 11 is 5.92. The van der Waals surface area contributed by atoms with E-state index in [2.05, 4.69) is 20.5 Å². The summed E-state index contributed by atoms with van der Waals surface area (Å²) in [6, 6.07) is 4.22. The van der Waals surface area contributed by atoms with Crippen LogP contribution in [0.4, 0.5) is 10.3 Å². The van der Waals surface area contributed by atoms with Gasteiger partial charge in [0.1, 0.15) is 5.82 Å². The maximum atomic E-state index is 13.8. The van der Waals surface area contributed by atoms with Crippen LogP contribution in [0.3, 0.4) is 0 Å². The Morgan fingerprint density at radius 3 is 2.92 bits per heavy atom. The van der Waals surface area contributed by atoms with Gasteiger partial charge in [0.15, 0.2) is 11.2 Å². The molecule has 136 valence electrons. The highest BCUT2D eigenvalue weighted by Gasteiger charge is 2.16. The molecule has 0 aliphatic carbocycles. The molecule has 0 saturated carbocycles. The Balaban J connectivity index is 2.05. The lowest BCUT2D eigenvalue weighted by atomic mass is 10.2. The predicted molar refractivity (Wildman–Crippen MR) is 95.3 cm³/mol. The molecule has 2 aromatic heterocycles. The second-order valence-corrected chi connectivity index (χ2v) is 5.71. The number of aliphatic hydroxyl groups is 1. The van der Waals surface area contributed by atoms with Crippen LogP contribution in [0.5, 0.6) is 0 Å². The van der Waals surface area contributed by atoms with E-state index in [9.17, 15) is 19.1 Å². The summed E-state index contributed by atoms with van der Waals surface area (Å²) < 4.78 is 16.3. The molecule has 26 heavy (non-hydrogen) atoms. The van der Waals surface area contributed by atoms with E-state index in [4.69, 9.17) is 11.6 Å². The smallest absolute Gasteiger partial charge is 0.329 e. The maximum absolute atomic E-state index is 13.8. The standard InChI is InChI=1S/C15H14ClFN6O3/c1-22-12-11(13(25)20-15(22)26)23(5-6-24)14(19-12)21-18-7-8-9(16)3-2-4-10(8)17/h2-4,7,24H,5-6H2,1H3,(H,19,21)(H,20,25,26)/b18-7-. The number of imidazole rings is 1. The molecule has 0 bridgehead atoms. The van der Waals surface area contributed by atoms with Crippen molar-refractivity contribution in [1.82, 2.24) is 19.1 Å². The van der Waals surface area contributed by atoms with E-state index >= 15 is 0 Å². The number of aromatic nitrogens is 4. The van der Waals surface area contributed by atoms with Crippen molar-refractivity contribution < 1.29 is 9.50 Å². The first-order chi connectivity index (χ1) is 12.4. The van der Waals surface area contributed by atoms with Gasteiger partial charge >= 0.3 is 5.69 Å². The quantitative estimate of drug-likeness (QED) is 0.444. The fourth-order valence-corrected chi connectivity index (χ4v) is 2.64. The van der Waals surface area contributed by atoms with Crippen LogP contribution in [0.2, 0.25) is 5.02 Å². The van der Waals surface area contributed by atoms with Gasteiger partial charge in [-0.1, -0.05) is 17.7 Å². The third kappa shape index (κ3) is 3.11. The SMILES string of the molecule is Cn1c(=O)[nH]c(=O)c2c1nc(N/N=C\c1c(F)cccc1Cl)n2CCO. The Kier molecular flexibility index (Phi) is 4.87. The first-order valence-electron chi connectivity index (χ1n) is 7.47. The zero-order valence-electron chi connectivity index (χ0n) is 13.5. The lowest BCUT2D eigenvalue weighted by Crippen LogP contribution is -2.29. The molecule has 3 rings (SSSR count). The Bertz CT molecular complexity index is 1100. The fraction of sp³-hybridized carbons (Fsp3) is 0.200. The average Bonchev–Trinajstić information content (AvgIpc) is 2.95. The number of anilines is 1. The number of rotatable bonds is 5. The van der Waals surface area contributed by atoms with Crippen LogP contribution >= 0.6 is 11.6 Å². The number of benzene rings is 1. The number of aryl methyl sites for hydroxylation is 1. The third-order valence-corrected chi connectivity index (χ3v) is 4.02. The lowest BCUT2D eigenvalue weighted by Gasteiger charge is -2.05. The highest BCUT2D eigenvalue weighted by Crippen LogP contribution is 2.18. The van der Waals surface area contributed by atoms with Crippen LogP contribution in [-0.4, -0.2) is 37.0 Å². The number of nitrogens with one attached hydrogen (secondary N) is 2. The average molecular weight is 381 g/mol. The topological polar surface area (TPSA) is 117 Å². The molecule has 0 spiro atoms. The predicted octanol–water partition coefficient (Wildman–Crippen LogP) is 0.654. The molecule has 2 heterocycles. The van der Waals surface area contributed by atoms with E-state index in [0.717, 1.165) is 4.57 Å². The van der Waals surface area contributed by atoms with E-state index in [1.807, 2.05) is 0 Å². The third-order valence-electron chi connectivity index (χ3n) is 3.69. The summed E-state index contributed by atoms with van der Waals surface area (Å²) in [5.41, 5.74) is 1.62. The van der Waals surface area contributed by atoms with Gasteiger partial charge in [-0.15, -0.1) is 0 Å². The van der Waals surface area contributed by atoms with Crippen molar-refractivity contribution in [3.63, 3.8) is 0 Å². The van der Waals surface area contributed by atoms with Crippen molar-refractivity contribution in [2.45, 2.75) is 6.54 Å². The van der Waals surface area contributed by atoms with Crippen LogP contribution in [0.1, 0.15) is 5.56 Å². The van der Waals surface area contributed by atoms with Crippen molar-refractivity contribution in [2.75, 3.05) is 12.0 Å². The molecule has 9 nitrogen and oxygen atoms in total. The molecule has 0 atom stereocenters. The molecule has 0 fully saturated rings. The zero-order chi connectivity index (χ0) is 18.8. The minimum absolute atomic E-state index is 0.0378. The number of hydrogen-bond acceptors (Lipinski definition) is 6. The summed E-state index contributed by atoms with van der Waals surface area (Å²) in [6.45, 7) is -0.235. The number of halogens is 2. The molecule has 0 amide bonds. The minimum Gasteiger partial charge on any atom is -0.395 e. The molecule has 3 N–H and O–H groups in total. The molecular formula is C15H14ClFN6O3. The molecule has 0 aliphatic rings. The maximum Gasteiger partial charge on any atom is 0.329 e. The highest BCUT2D eigenvalue weighted by atomic mass is 35.5. The zero-order valence-corrected chi connectivity index (χ0v) is 14.3. The molecule has 0 radical (unpaired) electrons. The normalized spacial score (nSPS) is 11.5. The van der Waals surface area contributed by atoms with Crippen molar-refractivity contribution in [3.05, 3.63) is 55.4 Å². The van der Waals surface area contributed by atoms with Gasteiger partial charge in [-0.25, -0.2) is 14.6 Å². The summed E-state index contributed by atoms with van der Waals surface area (Å²) in [5, 5.41) is 13.3. The van der Waals surface area contributed by atoms with Gasteiger partial charge in [-0.2, -0.15) is 10.1 Å². The van der Waals surface area contributed by atoms with Gasteiger partial charge in [-0.05, 0) is 12.1 Å². The van der Waals surface area contributed by atoms with E-state index in [1.54, 1.807) is 0 Å². The summed E-state index contributed by atoms with van der Waals surface area (Å²) in [7, 11) is 1.45. The fourth-order valence-electron chi connectivity index (χ4n) is 2.43. The number of fused-ring (bicyclic) bond motifs is 1. The van der Waals surface area contributed by atoms with Gasteiger partial charge in [0, 0.05) is 19.2 Å². The molecule has 11 heteroatoms. The number of aliphatic hydroxyl groups excluding tert-OH is 1. The number of hydrogen-bond donors (Lipinski definition) is 3. The van der Waals surface area contributed by atoms with Gasteiger partial charge < -0.3 is 9.67 Å². The number of hydrazone groups is 1. The van der Waals surface area contributed by atoms with E-state index in [1.165, 1.54) is 36.0 Å². The Labute approximate surface area is 150 Å². The van der Waals surface area contributed by atoms with Crippen molar-refractivity contribution in [1.29, 1.82) is 0 Å². The molecule has 1 aromatic carbocycles. The van der Waals surface area contributed by atoms with Gasteiger partial charge in [-0.3, -0.25) is 14.3 Å². The van der Waals surface area contributed by atoms with Gasteiger partial charge in [0.25, 0.3) is 5.56 Å². The summed E-state index contributed by atoms with van der Waals surface area (Å²) in [6.07, 6.45) is 1.17. The van der Waals surface area contributed by atoms with Crippen LogP contribution in [-0.2, 0) is 13.6 Å². The first kappa shape index (κ1) is 17.8. The second kappa shape index (κ2) is 7.10.